The average molecular weight is 312 g/mol. The Morgan fingerprint density at radius 3 is 2.43 bits per heavy atom. The zero-order valence-corrected chi connectivity index (χ0v) is 14.1. The fourth-order valence-corrected chi connectivity index (χ4v) is 2.07. The molecule has 0 radical (unpaired) electrons. The lowest BCUT2D eigenvalue weighted by atomic mass is 9.96. The van der Waals surface area contributed by atoms with Gasteiger partial charge in [0.2, 0.25) is 11.8 Å². The maximum Gasteiger partial charge on any atom is 0.231 e. The van der Waals surface area contributed by atoms with Gasteiger partial charge in [-0.25, -0.2) is 4.98 Å². The van der Waals surface area contributed by atoms with Crippen LogP contribution >= 0.6 is 11.3 Å². The van der Waals surface area contributed by atoms with Gasteiger partial charge in [-0.2, -0.15) is 0 Å². The van der Waals surface area contributed by atoms with E-state index in [0.717, 1.165) is 0 Å². The topological polar surface area (TPSA) is 97.1 Å². The van der Waals surface area contributed by atoms with E-state index in [9.17, 15) is 9.59 Å². The molecular formula is C14H24N4O2S. The van der Waals surface area contributed by atoms with Gasteiger partial charge in [0.1, 0.15) is 0 Å². The van der Waals surface area contributed by atoms with Crippen molar-refractivity contribution in [2.75, 3.05) is 11.9 Å². The summed E-state index contributed by atoms with van der Waals surface area (Å²) in [7, 11) is 0. The number of thiazole rings is 1. The molecule has 1 rings (SSSR count). The Morgan fingerprint density at radius 1 is 1.29 bits per heavy atom. The van der Waals surface area contributed by atoms with Gasteiger partial charge in [-0.15, -0.1) is 11.3 Å². The zero-order valence-electron chi connectivity index (χ0n) is 13.2. The Labute approximate surface area is 129 Å². The van der Waals surface area contributed by atoms with Crippen LogP contribution in [0.15, 0.2) is 5.38 Å². The van der Waals surface area contributed by atoms with Crippen molar-refractivity contribution in [2.45, 2.75) is 46.6 Å². The second kappa shape index (κ2) is 6.53. The van der Waals surface area contributed by atoms with E-state index < -0.39 is 11.0 Å². The van der Waals surface area contributed by atoms with Gasteiger partial charge >= 0.3 is 0 Å². The molecule has 1 heterocycles. The Balaban J connectivity index is 2.60. The molecule has 0 fully saturated rings. The number of anilines is 1. The minimum atomic E-state index is -0.478. The molecule has 0 aliphatic carbocycles. The van der Waals surface area contributed by atoms with Crippen LogP contribution in [-0.4, -0.2) is 28.9 Å². The molecule has 6 nitrogen and oxygen atoms in total. The first kappa shape index (κ1) is 17.6. The highest BCUT2D eigenvalue weighted by atomic mass is 32.1. The molecule has 0 atom stereocenters. The van der Waals surface area contributed by atoms with Crippen molar-refractivity contribution in [3.8, 4) is 0 Å². The van der Waals surface area contributed by atoms with Crippen LogP contribution < -0.4 is 16.4 Å². The minimum Gasteiger partial charge on any atom is -0.350 e. The molecule has 0 unspecified atom stereocenters. The smallest absolute Gasteiger partial charge is 0.231 e. The van der Waals surface area contributed by atoms with E-state index in [-0.39, 0.29) is 18.2 Å². The number of nitrogens with two attached hydrogens (primary N) is 1. The van der Waals surface area contributed by atoms with Crippen molar-refractivity contribution in [3.63, 3.8) is 0 Å². The number of amides is 2. The van der Waals surface area contributed by atoms with Crippen LogP contribution in [0.4, 0.5) is 5.13 Å². The van der Waals surface area contributed by atoms with Crippen molar-refractivity contribution in [1.29, 1.82) is 0 Å². The molecule has 118 valence electrons. The number of rotatable bonds is 5. The number of aromatic nitrogens is 1. The van der Waals surface area contributed by atoms with Gasteiger partial charge in [0, 0.05) is 22.9 Å². The molecule has 0 spiro atoms. The Bertz CT molecular complexity index is 517. The Morgan fingerprint density at radius 2 is 1.90 bits per heavy atom. The van der Waals surface area contributed by atoms with E-state index in [0.29, 0.717) is 17.4 Å². The van der Waals surface area contributed by atoms with Crippen LogP contribution in [0.2, 0.25) is 0 Å². The molecule has 0 aliphatic rings. The molecule has 0 bridgehead atoms. The summed E-state index contributed by atoms with van der Waals surface area (Å²) in [6.07, 6.45) is 0.172. The maximum atomic E-state index is 11.9. The second-order valence-corrected chi connectivity index (χ2v) is 7.52. The van der Waals surface area contributed by atoms with E-state index in [1.165, 1.54) is 11.3 Å². The molecule has 21 heavy (non-hydrogen) atoms. The molecule has 0 saturated carbocycles. The summed E-state index contributed by atoms with van der Waals surface area (Å²) >= 11 is 1.31. The van der Waals surface area contributed by atoms with Crippen LogP contribution in [0.25, 0.3) is 0 Å². The maximum absolute atomic E-state index is 11.9. The van der Waals surface area contributed by atoms with Crippen molar-refractivity contribution >= 4 is 28.3 Å². The van der Waals surface area contributed by atoms with E-state index >= 15 is 0 Å². The summed E-state index contributed by atoms with van der Waals surface area (Å²) in [6.45, 7) is 9.59. The van der Waals surface area contributed by atoms with Gasteiger partial charge in [-0.3, -0.25) is 9.59 Å². The average Bonchev–Trinajstić information content (AvgIpc) is 2.74. The summed E-state index contributed by atoms with van der Waals surface area (Å²) in [4.78, 5) is 28.0. The van der Waals surface area contributed by atoms with Gasteiger partial charge < -0.3 is 16.4 Å². The minimum absolute atomic E-state index is 0.0999. The third kappa shape index (κ3) is 5.81. The monoisotopic (exact) mass is 312 g/mol. The van der Waals surface area contributed by atoms with E-state index in [1.54, 1.807) is 5.38 Å². The molecule has 0 aliphatic heterocycles. The first-order chi connectivity index (χ1) is 9.53. The van der Waals surface area contributed by atoms with Crippen molar-refractivity contribution in [1.82, 2.24) is 10.3 Å². The molecule has 0 saturated heterocycles. The molecule has 0 aromatic carbocycles. The van der Waals surface area contributed by atoms with E-state index in [4.69, 9.17) is 5.73 Å². The Hall–Kier alpha value is -1.47. The summed E-state index contributed by atoms with van der Waals surface area (Å²) in [5.74, 6) is -0.235. The molecule has 1 aromatic rings. The zero-order chi connectivity index (χ0) is 16.3. The molecule has 4 N–H and O–H groups in total. The lowest BCUT2D eigenvalue weighted by Gasteiger charge is -2.23. The highest BCUT2D eigenvalue weighted by Gasteiger charge is 2.23. The van der Waals surface area contributed by atoms with Crippen LogP contribution in [0.5, 0.6) is 0 Å². The van der Waals surface area contributed by atoms with Gasteiger partial charge in [0.25, 0.3) is 0 Å². The normalized spacial score (nSPS) is 12.1. The highest BCUT2D eigenvalue weighted by Crippen LogP contribution is 2.20. The highest BCUT2D eigenvalue weighted by molar-refractivity contribution is 7.13. The number of hydrogen-bond donors (Lipinski definition) is 3. The third-order valence-corrected chi connectivity index (χ3v) is 3.59. The quantitative estimate of drug-likeness (QED) is 0.768. The fraction of sp³-hybridized carbons (Fsp3) is 0.643. The second-order valence-electron chi connectivity index (χ2n) is 6.66. The van der Waals surface area contributed by atoms with E-state index in [1.807, 2.05) is 34.6 Å². The number of carbonyl (C=O) groups is 2. The van der Waals surface area contributed by atoms with E-state index in [2.05, 4.69) is 15.6 Å². The molecular weight excluding hydrogens is 288 g/mol. The number of carbonyl (C=O) groups excluding carboxylic acids is 2. The molecule has 2 amide bonds. The van der Waals surface area contributed by atoms with Gasteiger partial charge in [-0.1, -0.05) is 20.8 Å². The number of hydrogen-bond acceptors (Lipinski definition) is 5. The van der Waals surface area contributed by atoms with Crippen LogP contribution in [-0.2, 0) is 16.0 Å². The SMILES string of the molecule is CC(C)(CN)NC(=O)Cc1csc(NC(=O)C(C)(C)C)n1. The van der Waals surface area contributed by atoms with Crippen molar-refractivity contribution < 1.29 is 9.59 Å². The number of nitrogens with one attached hydrogen (secondary N) is 2. The lowest BCUT2D eigenvalue weighted by molar-refractivity contribution is -0.123. The molecule has 1 aromatic heterocycles. The predicted molar refractivity (Wildman–Crippen MR) is 85.2 cm³/mol. The fourth-order valence-electron chi connectivity index (χ4n) is 1.37. The van der Waals surface area contributed by atoms with Crippen LogP contribution in [0.3, 0.4) is 0 Å². The van der Waals surface area contributed by atoms with Crippen LogP contribution in [0.1, 0.15) is 40.3 Å². The largest absolute Gasteiger partial charge is 0.350 e. The summed E-state index contributed by atoms with van der Waals surface area (Å²) in [5.41, 5.74) is 5.29. The summed E-state index contributed by atoms with van der Waals surface area (Å²) in [5, 5.41) is 7.87. The predicted octanol–water partition coefficient (Wildman–Crippen LogP) is 1.52. The standard InChI is InChI=1S/C14H24N4O2S/c1-13(2,3)11(20)17-12-16-9(7-21-12)6-10(19)18-14(4,5)8-15/h7H,6,8,15H2,1-5H3,(H,18,19)(H,16,17,20). The van der Waals surface area contributed by atoms with Crippen LogP contribution in [0, 0.1) is 5.41 Å². The lowest BCUT2D eigenvalue weighted by Crippen LogP contribution is -2.49. The van der Waals surface area contributed by atoms with Gasteiger partial charge in [-0.05, 0) is 13.8 Å². The first-order valence-electron chi connectivity index (χ1n) is 6.80. The molecule has 7 heteroatoms. The summed E-state index contributed by atoms with van der Waals surface area (Å²) in [6, 6.07) is 0. The first-order valence-corrected chi connectivity index (χ1v) is 7.68. The van der Waals surface area contributed by atoms with Gasteiger partial charge in [0.15, 0.2) is 5.13 Å². The van der Waals surface area contributed by atoms with Gasteiger partial charge in [0.05, 0.1) is 12.1 Å². The number of nitrogens with zero attached hydrogens (tertiary/aromatic N) is 1. The third-order valence-electron chi connectivity index (χ3n) is 2.78. The summed E-state index contributed by atoms with van der Waals surface area (Å²) < 4.78 is 0. The Kier molecular flexibility index (Phi) is 5.47. The van der Waals surface area contributed by atoms with Crippen molar-refractivity contribution in [2.24, 2.45) is 11.1 Å². The van der Waals surface area contributed by atoms with Crippen molar-refractivity contribution in [3.05, 3.63) is 11.1 Å².